The molecule has 0 N–H and O–H groups in total. The summed E-state index contributed by atoms with van der Waals surface area (Å²) in [5.41, 5.74) is 5.84. The SMILES string of the molecule is Clc1nc(C2=CCCC=C2)nc(C2C=C(c3ccccc3)C=C(c3ccccc3)C2)n1. The molecule has 3 nitrogen and oxygen atoms in total. The van der Waals surface area contributed by atoms with Crippen LogP contribution in [0.2, 0.25) is 5.28 Å². The first-order valence-corrected chi connectivity index (χ1v) is 11.0. The third-order valence-corrected chi connectivity index (χ3v) is 5.78. The van der Waals surface area contributed by atoms with E-state index in [1.165, 1.54) is 22.3 Å². The van der Waals surface area contributed by atoms with E-state index in [9.17, 15) is 0 Å². The Morgan fingerprint density at radius 1 is 0.774 bits per heavy atom. The largest absolute Gasteiger partial charge is 0.226 e. The summed E-state index contributed by atoms with van der Waals surface area (Å²) in [5.74, 6) is 1.38. The van der Waals surface area contributed by atoms with Crippen molar-refractivity contribution in [1.82, 2.24) is 15.0 Å². The van der Waals surface area contributed by atoms with E-state index in [2.05, 4.69) is 88.9 Å². The quantitative estimate of drug-likeness (QED) is 0.457. The third kappa shape index (κ3) is 4.42. The van der Waals surface area contributed by atoms with Gasteiger partial charge < -0.3 is 0 Å². The second-order valence-corrected chi connectivity index (χ2v) is 8.10. The minimum absolute atomic E-state index is 0.0165. The molecule has 0 spiro atoms. The van der Waals surface area contributed by atoms with Gasteiger partial charge >= 0.3 is 0 Å². The predicted molar refractivity (Wildman–Crippen MR) is 127 cm³/mol. The molecule has 0 amide bonds. The van der Waals surface area contributed by atoms with E-state index >= 15 is 0 Å². The van der Waals surface area contributed by atoms with Gasteiger partial charge in [0.25, 0.3) is 0 Å². The van der Waals surface area contributed by atoms with Crippen molar-refractivity contribution in [3.63, 3.8) is 0 Å². The van der Waals surface area contributed by atoms with Crippen LogP contribution < -0.4 is 0 Å². The van der Waals surface area contributed by atoms with Gasteiger partial charge in [0, 0.05) is 11.5 Å². The molecule has 4 heteroatoms. The van der Waals surface area contributed by atoms with Crippen molar-refractivity contribution in [3.05, 3.63) is 119 Å². The van der Waals surface area contributed by atoms with Crippen LogP contribution in [-0.2, 0) is 0 Å². The molecule has 3 aromatic rings. The zero-order chi connectivity index (χ0) is 21.0. The molecular formula is C27H22ClN3. The molecule has 1 unspecified atom stereocenters. The van der Waals surface area contributed by atoms with Gasteiger partial charge in [-0.2, -0.15) is 4.98 Å². The zero-order valence-electron chi connectivity index (χ0n) is 17.1. The van der Waals surface area contributed by atoms with Gasteiger partial charge in [-0.05, 0) is 53.1 Å². The maximum atomic E-state index is 6.35. The van der Waals surface area contributed by atoms with Gasteiger partial charge in [-0.15, -0.1) is 0 Å². The van der Waals surface area contributed by atoms with E-state index in [1.54, 1.807) is 0 Å². The molecule has 1 atom stereocenters. The summed E-state index contributed by atoms with van der Waals surface area (Å²) < 4.78 is 0. The number of nitrogens with zero attached hydrogens (tertiary/aromatic N) is 3. The molecule has 2 aromatic carbocycles. The molecule has 2 aliphatic rings. The highest BCUT2D eigenvalue weighted by molar-refractivity contribution is 6.28. The van der Waals surface area contributed by atoms with Crippen molar-refractivity contribution in [2.24, 2.45) is 0 Å². The highest BCUT2D eigenvalue weighted by Gasteiger charge is 2.23. The number of hydrogen-bond acceptors (Lipinski definition) is 3. The summed E-state index contributed by atoms with van der Waals surface area (Å²) in [6.07, 6.45) is 13.8. The Morgan fingerprint density at radius 3 is 2.23 bits per heavy atom. The van der Waals surface area contributed by atoms with Crippen LogP contribution >= 0.6 is 11.6 Å². The highest BCUT2D eigenvalue weighted by atomic mass is 35.5. The Balaban J connectivity index is 1.58. The Morgan fingerprint density at radius 2 is 1.52 bits per heavy atom. The molecule has 0 aliphatic heterocycles. The molecule has 0 saturated heterocycles. The van der Waals surface area contributed by atoms with Crippen LogP contribution in [0.5, 0.6) is 0 Å². The lowest BCUT2D eigenvalue weighted by atomic mass is 9.84. The second-order valence-electron chi connectivity index (χ2n) is 7.76. The number of allylic oxidation sites excluding steroid dienone is 8. The molecule has 31 heavy (non-hydrogen) atoms. The fraction of sp³-hybridized carbons (Fsp3) is 0.148. The van der Waals surface area contributed by atoms with Crippen molar-refractivity contribution < 1.29 is 0 Å². The van der Waals surface area contributed by atoms with E-state index in [0.29, 0.717) is 11.6 Å². The summed E-state index contributed by atoms with van der Waals surface area (Å²) in [7, 11) is 0. The van der Waals surface area contributed by atoms with Gasteiger partial charge in [0.15, 0.2) is 5.82 Å². The summed E-state index contributed by atoms with van der Waals surface area (Å²) >= 11 is 6.35. The first kappa shape index (κ1) is 19.7. The van der Waals surface area contributed by atoms with E-state index in [4.69, 9.17) is 16.6 Å². The second kappa shape index (κ2) is 8.83. The van der Waals surface area contributed by atoms with Crippen molar-refractivity contribution in [2.45, 2.75) is 25.2 Å². The van der Waals surface area contributed by atoms with E-state index < -0.39 is 0 Å². The van der Waals surface area contributed by atoms with E-state index in [0.717, 1.165) is 24.8 Å². The lowest BCUT2D eigenvalue weighted by Crippen LogP contribution is -2.11. The van der Waals surface area contributed by atoms with Crippen molar-refractivity contribution in [2.75, 3.05) is 0 Å². The van der Waals surface area contributed by atoms with Crippen molar-refractivity contribution >= 4 is 28.3 Å². The maximum absolute atomic E-state index is 6.35. The Bertz CT molecular complexity index is 1210. The molecule has 0 fully saturated rings. The molecule has 0 radical (unpaired) electrons. The maximum Gasteiger partial charge on any atom is 0.226 e. The Labute approximate surface area is 187 Å². The predicted octanol–water partition coefficient (Wildman–Crippen LogP) is 6.91. The van der Waals surface area contributed by atoms with Crippen LogP contribution in [0.15, 0.2) is 91.0 Å². The smallest absolute Gasteiger partial charge is 0.212 e. The fourth-order valence-corrected chi connectivity index (χ4v) is 4.24. The Hall–Kier alpha value is -3.30. The van der Waals surface area contributed by atoms with Crippen LogP contribution in [0.3, 0.4) is 0 Å². The molecule has 0 bridgehead atoms. The summed E-state index contributed by atoms with van der Waals surface area (Å²) in [6, 6.07) is 20.9. The first-order chi connectivity index (χ1) is 15.3. The third-order valence-electron chi connectivity index (χ3n) is 5.61. The Kier molecular flexibility index (Phi) is 5.59. The first-order valence-electron chi connectivity index (χ1n) is 10.6. The van der Waals surface area contributed by atoms with Gasteiger partial charge in [0.1, 0.15) is 5.82 Å². The molecular weight excluding hydrogens is 402 g/mol. The van der Waals surface area contributed by atoms with Gasteiger partial charge in [-0.25, -0.2) is 9.97 Å². The minimum Gasteiger partial charge on any atom is -0.212 e. The number of rotatable bonds is 4. The lowest BCUT2D eigenvalue weighted by molar-refractivity contribution is 0.764. The fourth-order valence-electron chi connectivity index (χ4n) is 4.08. The van der Waals surface area contributed by atoms with Crippen LogP contribution in [0.25, 0.3) is 16.7 Å². The minimum atomic E-state index is 0.0165. The lowest BCUT2D eigenvalue weighted by Gasteiger charge is -2.22. The summed E-state index contributed by atoms with van der Waals surface area (Å²) in [4.78, 5) is 13.8. The summed E-state index contributed by atoms with van der Waals surface area (Å²) in [6.45, 7) is 0. The van der Waals surface area contributed by atoms with Gasteiger partial charge in [-0.3, -0.25) is 0 Å². The van der Waals surface area contributed by atoms with Gasteiger partial charge in [0.2, 0.25) is 5.28 Å². The number of benzene rings is 2. The normalized spacial score (nSPS) is 18.2. The van der Waals surface area contributed by atoms with Gasteiger partial charge in [0.05, 0.1) is 0 Å². The van der Waals surface area contributed by atoms with E-state index in [1.807, 2.05) is 12.1 Å². The average Bonchev–Trinajstić information content (AvgIpc) is 2.85. The summed E-state index contributed by atoms with van der Waals surface area (Å²) in [5, 5.41) is 0.241. The molecule has 152 valence electrons. The molecule has 2 aliphatic carbocycles. The molecule has 5 rings (SSSR count). The molecule has 0 saturated carbocycles. The van der Waals surface area contributed by atoms with Crippen LogP contribution in [0.1, 0.15) is 48.0 Å². The number of halogens is 1. The zero-order valence-corrected chi connectivity index (χ0v) is 17.8. The number of hydrogen-bond donors (Lipinski definition) is 0. The van der Waals surface area contributed by atoms with Crippen LogP contribution in [0, 0.1) is 0 Å². The topological polar surface area (TPSA) is 38.7 Å². The molecule has 1 heterocycles. The van der Waals surface area contributed by atoms with E-state index in [-0.39, 0.29) is 11.2 Å². The van der Waals surface area contributed by atoms with Gasteiger partial charge in [-0.1, -0.05) is 91.0 Å². The monoisotopic (exact) mass is 423 g/mol. The van der Waals surface area contributed by atoms with Crippen molar-refractivity contribution in [3.8, 4) is 0 Å². The van der Waals surface area contributed by atoms with Crippen LogP contribution in [0.4, 0.5) is 0 Å². The highest BCUT2D eigenvalue weighted by Crippen LogP contribution is 2.38. The van der Waals surface area contributed by atoms with Crippen LogP contribution in [-0.4, -0.2) is 15.0 Å². The average molecular weight is 424 g/mol. The number of aromatic nitrogens is 3. The van der Waals surface area contributed by atoms with Crippen molar-refractivity contribution in [1.29, 1.82) is 0 Å². The standard InChI is InChI=1S/C27H22ClN3/c28-27-30-25(21-14-8-3-9-15-21)29-26(31-27)24-17-22(19-10-4-1-5-11-19)16-23(18-24)20-12-6-2-7-13-20/h1-2,4-8,10-17,24H,3,9,18H2. The molecule has 1 aromatic heterocycles.